The van der Waals surface area contributed by atoms with Gasteiger partial charge in [0.1, 0.15) is 12.7 Å². The van der Waals surface area contributed by atoms with Crippen molar-refractivity contribution in [2.24, 2.45) is 0 Å². The molecule has 1 aliphatic rings. The van der Waals surface area contributed by atoms with E-state index in [-0.39, 0.29) is 11.9 Å². The molecule has 1 aromatic heterocycles. The molecule has 14 heavy (non-hydrogen) atoms. The maximum absolute atomic E-state index is 10.5. The first-order valence-electron chi connectivity index (χ1n) is 4.08. The van der Waals surface area contributed by atoms with E-state index in [4.69, 9.17) is 9.47 Å². The van der Waals surface area contributed by atoms with Crippen LogP contribution in [0.4, 0.5) is 5.82 Å². The zero-order valence-electron chi connectivity index (χ0n) is 7.54. The Balaban J connectivity index is 2.19. The molecule has 1 aromatic rings. The summed E-state index contributed by atoms with van der Waals surface area (Å²) in [6, 6.07) is 0.291. The number of fused-ring (bicyclic) bond motifs is 1. The summed E-state index contributed by atoms with van der Waals surface area (Å²) in [7, 11) is 1.55. The quantitative estimate of drug-likeness (QED) is 0.513. The van der Waals surface area contributed by atoms with E-state index in [1.807, 2.05) is 0 Å². The molecule has 1 aliphatic heterocycles. The predicted octanol–water partition coefficient (Wildman–Crippen LogP) is 0.199. The standard InChI is InChI=1S/C7H9N3O4/c1-13-4-5-3-9-6(10(11)12)2-8-7(9)14-5/h2,5H,3-4H2,1H3. The Morgan fingerprint density at radius 2 is 2.71 bits per heavy atom. The first-order valence-corrected chi connectivity index (χ1v) is 4.08. The van der Waals surface area contributed by atoms with Gasteiger partial charge in [-0.3, -0.25) is 0 Å². The fraction of sp³-hybridized carbons (Fsp3) is 0.571. The Morgan fingerprint density at radius 1 is 1.93 bits per heavy atom. The van der Waals surface area contributed by atoms with Crippen LogP contribution in [-0.4, -0.2) is 34.3 Å². The van der Waals surface area contributed by atoms with Crippen molar-refractivity contribution < 1.29 is 14.4 Å². The highest BCUT2D eigenvalue weighted by molar-refractivity contribution is 5.24. The molecule has 7 nitrogen and oxygen atoms in total. The zero-order chi connectivity index (χ0) is 10.1. The van der Waals surface area contributed by atoms with Gasteiger partial charge < -0.3 is 19.6 Å². The fourth-order valence-electron chi connectivity index (χ4n) is 1.42. The first kappa shape index (κ1) is 8.95. The lowest BCUT2D eigenvalue weighted by atomic mass is 10.4. The van der Waals surface area contributed by atoms with Crippen molar-refractivity contribution in [3.05, 3.63) is 16.3 Å². The molecule has 2 rings (SSSR count). The van der Waals surface area contributed by atoms with Crippen LogP contribution in [0.2, 0.25) is 0 Å². The summed E-state index contributed by atoms with van der Waals surface area (Å²) in [5.41, 5.74) is 0. The summed E-state index contributed by atoms with van der Waals surface area (Å²) in [5.74, 6) is -0.0430. The van der Waals surface area contributed by atoms with Gasteiger partial charge in [-0.1, -0.05) is 0 Å². The lowest BCUT2D eigenvalue weighted by Crippen LogP contribution is -2.20. The summed E-state index contributed by atoms with van der Waals surface area (Å²) in [4.78, 5) is 13.9. The SMILES string of the molecule is COCC1Cn2c([N+](=O)[O-])cnc2O1. The van der Waals surface area contributed by atoms with Crippen molar-refractivity contribution in [3.63, 3.8) is 0 Å². The van der Waals surface area contributed by atoms with E-state index < -0.39 is 4.92 Å². The molecule has 0 aromatic carbocycles. The van der Waals surface area contributed by atoms with Crippen LogP contribution in [0.1, 0.15) is 0 Å². The van der Waals surface area contributed by atoms with E-state index in [1.165, 1.54) is 10.8 Å². The van der Waals surface area contributed by atoms with Crippen LogP contribution in [-0.2, 0) is 11.3 Å². The van der Waals surface area contributed by atoms with Crippen LogP contribution >= 0.6 is 0 Å². The van der Waals surface area contributed by atoms with Crippen LogP contribution in [0, 0.1) is 10.1 Å². The highest BCUT2D eigenvalue weighted by atomic mass is 16.6. The van der Waals surface area contributed by atoms with Crippen LogP contribution in [0.5, 0.6) is 6.01 Å². The van der Waals surface area contributed by atoms with Crippen LogP contribution in [0.3, 0.4) is 0 Å². The van der Waals surface area contributed by atoms with Gasteiger partial charge in [0.05, 0.1) is 6.61 Å². The number of hydrogen-bond donors (Lipinski definition) is 0. The minimum atomic E-state index is -0.477. The Kier molecular flexibility index (Phi) is 2.08. The molecule has 0 bridgehead atoms. The lowest BCUT2D eigenvalue weighted by molar-refractivity contribution is -0.392. The van der Waals surface area contributed by atoms with E-state index in [1.54, 1.807) is 7.11 Å². The van der Waals surface area contributed by atoms with Crippen molar-refractivity contribution in [1.29, 1.82) is 0 Å². The number of aromatic nitrogens is 2. The van der Waals surface area contributed by atoms with Gasteiger partial charge in [-0.25, -0.2) is 0 Å². The lowest BCUT2D eigenvalue weighted by Gasteiger charge is -2.04. The largest absolute Gasteiger partial charge is 0.437 e. The van der Waals surface area contributed by atoms with Gasteiger partial charge in [0.15, 0.2) is 6.10 Å². The van der Waals surface area contributed by atoms with E-state index in [2.05, 4.69) is 4.98 Å². The Morgan fingerprint density at radius 3 is 3.36 bits per heavy atom. The Hall–Kier alpha value is -1.63. The number of imidazole rings is 1. The number of nitro groups is 1. The summed E-state index contributed by atoms with van der Waals surface area (Å²) in [6.07, 6.45) is 1.01. The predicted molar refractivity (Wildman–Crippen MR) is 45.2 cm³/mol. The van der Waals surface area contributed by atoms with Crippen LogP contribution < -0.4 is 4.74 Å². The van der Waals surface area contributed by atoms with E-state index in [9.17, 15) is 10.1 Å². The second-order valence-electron chi connectivity index (χ2n) is 2.96. The average Bonchev–Trinajstić information content (AvgIpc) is 2.62. The van der Waals surface area contributed by atoms with Crippen LogP contribution in [0.25, 0.3) is 0 Å². The second kappa shape index (κ2) is 3.26. The molecule has 0 spiro atoms. The fourth-order valence-corrected chi connectivity index (χ4v) is 1.42. The van der Waals surface area contributed by atoms with Crippen molar-refractivity contribution >= 4 is 5.82 Å². The van der Waals surface area contributed by atoms with E-state index >= 15 is 0 Å². The molecule has 0 radical (unpaired) electrons. The van der Waals surface area contributed by atoms with Gasteiger partial charge in [0.2, 0.25) is 0 Å². The van der Waals surface area contributed by atoms with Crippen molar-refractivity contribution in [2.45, 2.75) is 12.6 Å². The molecule has 1 unspecified atom stereocenters. The average molecular weight is 199 g/mol. The van der Waals surface area contributed by atoms with Crippen molar-refractivity contribution in [2.75, 3.05) is 13.7 Å². The van der Waals surface area contributed by atoms with Gasteiger partial charge in [-0.2, -0.15) is 9.55 Å². The highest BCUT2D eigenvalue weighted by Gasteiger charge is 2.33. The summed E-state index contributed by atoms with van der Waals surface area (Å²) in [5, 5.41) is 10.5. The minimum absolute atomic E-state index is 0.0430. The van der Waals surface area contributed by atoms with Crippen molar-refractivity contribution in [1.82, 2.24) is 9.55 Å². The molecule has 0 saturated heterocycles. The Labute approximate surface area is 79.4 Å². The molecule has 76 valence electrons. The van der Waals surface area contributed by atoms with E-state index in [0.29, 0.717) is 19.2 Å². The molecule has 1 atom stereocenters. The van der Waals surface area contributed by atoms with Gasteiger partial charge in [0.25, 0.3) is 0 Å². The second-order valence-corrected chi connectivity index (χ2v) is 2.96. The topological polar surface area (TPSA) is 79.4 Å². The molecular formula is C7H9N3O4. The third kappa shape index (κ3) is 1.31. The summed E-state index contributed by atoms with van der Waals surface area (Å²) < 4.78 is 11.6. The monoisotopic (exact) mass is 199 g/mol. The third-order valence-electron chi connectivity index (χ3n) is 2.00. The number of methoxy groups -OCH3 is 1. The van der Waals surface area contributed by atoms with Gasteiger partial charge in [-0.15, -0.1) is 0 Å². The molecule has 2 heterocycles. The molecule has 0 saturated carbocycles. The highest BCUT2D eigenvalue weighted by Crippen LogP contribution is 2.26. The molecule has 0 aliphatic carbocycles. The van der Waals surface area contributed by atoms with Crippen molar-refractivity contribution in [3.8, 4) is 6.01 Å². The Bertz CT molecular complexity index is 362. The van der Waals surface area contributed by atoms with Gasteiger partial charge in [0, 0.05) is 7.11 Å². The van der Waals surface area contributed by atoms with Gasteiger partial charge >= 0.3 is 11.8 Å². The number of ether oxygens (including phenoxy) is 2. The maximum Gasteiger partial charge on any atom is 0.391 e. The van der Waals surface area contributed by atoms with Crippen LogP contribution in [0.15, 0.2) is 6.20 Å². The van der Waals surface area contributed by atoms with Gasteiger partial charge in [-0.05, 0) is 4.92 Å². The molecule has 0 N–H and O–H groups in total. The smallest absolute Gasteiger partial charge is 0.391 e. The molecule has 7 heteroatoms. The van der Waals surface area contributed by atoms with E-state index in [0.717, 1.165) is 0 Å². The maximum atomic E-state index is 10.5. The number of hydrogen-bond acceptors (Lipinski definition) is 5. The third-order valence-corrected chi connectivity index (χ3v) is 2.00. The normalized spacial score (nSPS) is 19.1. The first-order chi connectivity index (χ1) is 6.72. The minimum Gasteiger partial charge on any atom is -0.437 e. The summed E-state index contributed by atoms with van der Waals surface area (Å²) in [6.45, 7) is 0.819. The molecule has 0 fully saturated rings. The summed E-state index contributed by atoms with van der Waals surface area (Å²) >= 11 is 0. The molecule has 0 amide bonds. The zero-order valence-corrected chi connectivity index (χ0v) is 7.54. The molecular weight excluding hydrogens is 190 g/mol. The number of nitrogens with zero attached hydrogens (tertiary/aromatic N) is 3. The number of rotatable bonds is 3.